The van der Waals surface area contributed by atoms with Crippen LogP contribution in [0, 0.1) is 12.7 Å². The van der Waals surface area contributed by atoms with Crippen LogP contribution in [-0.4, -0.2) is 0 Å². The van der Waals surface area contributed by atoms with Crippen molar-refractivity contribution < 1.29 is 4.39 Å². The summed E-state index contributed by atoms with van der Waals surface area (Å²) in [5, 5.41) is 3.28. The van der Waals surface area contributed by atoms with Gasteiger partial charge in [-0.1, -0.05) is 29.8 Å². The van der Waals surface area contributed by atoms with E-state index in [1.807, 2.05) is 6.07 Å². The first-order valence-electron chi connectivity index (χ1n) is 5.84. The van der Waals surface area contributed by atoms with Gasteiger partial charge in [-0.25, -0.2) is 4.39 Å². The van der Waals surface area contributed by atoms with Crippen molar-refractivity contribution in [2.75, 3.05) is 5.32 Å². The maximum Gasteiger partial charge on any atom is 0.139 e. The van der Waals surface area contributed by atoms with Gasteiger partial charge in [-0.3, -0.25) is 0 Å². The van der Waals surface area contributed by atoms with E-state index < -0.39 is 0 Å². The second kappa shape index (κ2) is 5.53. The van der Waals surface area contributed by atoms with Gasteiger partial charge in [0.2, 0.25) is 0 Å². The first-order chi connectivity index (χ1) is 8.56. The third-order valence-corrected chi connectivity index (χ3v) is 3.52. The van der Waals surface area contributed by atoms with Crippen LogP contribution in [0.15, 0.2) is 46.9 Å². The van der Waals surface area contributed by atoms with Crippen molar-refractivity contribution in [1.82, 2.24) is 0 Å². The van der Waals surface area contributed by atoms with E-state index in [0.717, 1.165) is 5.69 Å². The monoisotopic (exact) mass is 307 g/mol. The Bertz CT molecular complexity index is 537. The molecule has 0 radical (unpaired) electrons. The minimum absolute atomic E-state index is 0.145. The van der Waals surface area contributed by atoms with Crippen molar-refractivity contribution in [1.29, 1.82) is 0 Å². The highest BCUT2D eigenvalue weighted by molar-refractivity contribution is 9.10. The molecular weight excluding hydrogens is 293 g/mol. The third kappa shape index (κ3) is 3.10. The summed E-state index contributed by atoms with van der Waals surface area (Å²) in [7, 11) is 0. The fourth-order valence-electron chi connectivity index (χ4n) is 1.77. The molecule has 2 rings (SSSR count). The molecule has 0 saturated carbocycles. The quantitative estimate of drug-likeness (QED) is 0.834. The van der Waals surface area contributed by atoms with Crippen molar-refractivity contribution in [3.63, 3.8) is 0 Å². The van der Waals surface area contributed by atoms with Crippen molar-refractivity contribution in [3.05, 3.63) is 63.9 Å². The van der Waals surface area contributed by atoms with E-state index in [4.69, 9.17) is 0 Å². The standard InChI is InChI=1S/C15H15BrFN/c1-10-3-5-12(6-4-10)11(2)18-13-7-8-14(16)15(17)9-13/h3-9,11,18H,1-2H3. The summed E-state index contributed by atoms with van der Waals surface area (Å²) < 4.78 is 13.9. The fourth-order valence-corrected chi connectivity index (χ4v) is 2.02. The molecule has 0 heterocycles. The molecule has 94 valence electrons. The Balaban J connectivity index is 2.13. The van der Waals surface area contributed by atoms with Crippen LogP contribution in [-0.2, 0) is 0 Å². The second-order valence-electron chi connectivity index (χ2n) is 4.41. The number of hydrogen-bond donors (Lipinski definition) is 1. The molecule has 0 saturated heterocycles. The van der Waals surface area contributed by atoms with Crippen molar-refractivity contribution >= 4 is 21.6 Å². The minimum Gasteiger partial charge on any atom is -0.378 e. The molecule has 2 aromatic carbocycles. The van der Waals surface area contributed by atoms with E-state index in [0.29, 0.717) is 4.47 Å². The van der Waals surface area contributed by atoms with E-state index in [1.54, 1.807) is 6.07 Å². The molecule has 0 spiro atoms. The highest BCUT2D eigenvalue weighted by atomic mass is 79.9. The van der Waals surface area contributed by atoms with Crippen LogP contribution in [0.25, 0.3) is 0 Å². The average molecular weight is 308 g/mol. The zero-order valence-corrected chi connectivity index (χ0v) is 12.0. The Morgan fingerprint density at radius 1 is 1.11 bits per heavy atom. The third-order valence-electron chi connectivity index (χ3n) is 2.88. The Morgan fingerprint density at radius 3 is 2.39 bits per heavy atom. The number of aryl methyl sites for hydroxylation is 1. The smallest absolute Gasteiger partial charge is 0.139 e. The maximum absolute atomic E-state index is 13.4. The number of nitrogens with one attached hydrogen (secondary N) is 1. The van der Waals surface area contributed by atoms with Gasteiger partial charge in [0.15, 0.2) is 0 Å². The molecule has 3 heteroatoms. The van der Waals surface area contributed by atoms with Crippen LogP contribution < -0.4 is 5.32 Å². The van der Waals surface area contributed by atoms with Gasteiger partial charge in [-0.2, -0.15) is 0 Å². The van der Waals surface area contributed by atoms with E-state index in [2.05, 4.69) is 59.4 Å². The molecule has 1 nitrogen and oxygen atoms in total. The Morgan fingerprint density at radius 2 is 1.78 bits per heavy atom. The Kier molecular flexibility index (Phi) is 4.02. The first kappa shape index (κ1) is 13.1. The number of anilines is 1. The predicted molar refractivity (Wildman–Crippen MR) is 77.3 cm³/mol. The number of benzene rings is 2. The molecular formula is C15H15BrFN. The summed E-state index contributed by atoms with van der Waals surface area (Å²) >= 11 is 3.15. The van der Waals surface area contributed by atoms with Gasteiger partial charge < -0.3 is 5.32 Å². The lowest BCUT2D eigenvalue weighted by Crippen LogP contribution is -2.06. The van der Waals surface area contributed by atoms with Crippen molar-refractivity contribution in [3.8, 4) is 0 Å². The van der Waals surface area contributed by atoms with Crippen LogP contribution in [0.5, 0.6) is 0 Å². The fraction of sp³-hybridized carbons (Fsp3) is 0.200. The van der Waals surface area contributed by atoms with Crippen LogP contribution in [0.2, 0.25) is 0 Å². The van der Waals surface area contributed by atoms with E-state index in [1.165, 1.54) is 17.2 Å². The molecule has 0 amide bonds. The molecule has 0 bridgehead atoms. The summed E-state index contributed by atoms with van der Waals surface area (Å²) in [5.41, 5.74) is 3.20. The molecule has 1 atom stereocenters. The molecule has 0 aliphatic heterocycles. The molecule has 0 aliphatic rings. The topological polar surface area (TPSA) is 12.0 Å². The van der Waals surface area contributed by atoms with Gasteiger partial charge in [0, 0.05) is 11.7 Å². The van der Waals surface area contributed by atoms with Gasteiger partial charge in [-0.05, 0) is 53.5 Å². The molecule has 0 aromatic heterocycles. The number of rotatable bonds is 3. The SMILES string of the molecule is Cc1ccc(C(C)Nc2ccc(Br)c(F)c2)cc1. The molecule has 1 N–H and O–H groups in total. The van der Waals surface area contributed by atoms with Gasteiger partial charge in [0.1, 0.15) is 5.82 Å². The van der Waals surface area contributed by atoms with Gasteiger partial charge >= 0.3 is 0 Å². The molecule has 1 unspecified atom stereocenters. The highest BCUT2D eigenvalue weighted by Gasteiger charge is 2.06. The van der Waals surface area contributed by atoms with Gasteiger partial charge in [0.05, 0.1) is 4.47 Å². The molecule has 0 fully saturated rings. The number of hydrogen-bond acceptors (Lipinski definition) is 1. The summed E-state index contributed by atoms with van der Waals surface area (Å²) in [6.07, 6.45) is 0. The summed E-state index contributed by atoms with van der Waals surface area (Å²) in [6, 6.07) is 13.5. The summed E-state index contributed by atoms with van der Waals surface area (Å²) in [4.78, 5) is 0. The molecule has 18 heavy (non-hydrogen) atoms. The van der Waals surface area contributed by atoms with Gasteiger partial charge in [-0.15, -0.1) is 0 Å². The van der Waals surface area contributed by atoms with Crippen molar-refractivity contribution in [2.24, 2.45) is 0 Å². The molecule has 2 aromatic rings. The average Bonchev–Trinajstić information content (AvgIpc) is 2.34. The molecule has 0 aliphatic carbocycles. The number of halogens is 2. The Labute approximate surface area is 115 Å². The lowest BCUT2D eigenvalue weighted by Gasteiger charge is -2.16. The maximum atomic E-state index is 13.4. The zero-order chi connectivity index (χ0) is 13.1. The van der Waals surface area contributed by atoms with Crippen LogP contribution >= 0.6 is 15.9 Å². The lowest BCUT2D eigenvalue weighted by atomic mass is 10.1. The van der Waals surface area contributed by atoms with E-state index in [9.17, 15) is 4.39 Å². The zero-order valence-electron chi connectivity index (χ0n) is 10.4. The summed E-state index contributed by atoms with van der Waals surface area (Å²) in [5.74, 6) is -0.254. The Hall–Kier alpha value is -1.35. The van der Waals surface area contributed by atoms with Crippen LogP contribution in [0.4, 0.5) is 10.1 Å². The first-order valence-corrected chi connectivity index (χ1v) is 6.64. The largest absolute Gasteiger partial charge is 0.378 e. The van der Waals surface area contributed by atoms with Crippen LogP contribution in [0.3, 0.4) is 0 Å². The lowest BCUT2D eigenvalue weighted by molar-refractivity contribution is 0.621. The highest BCUT2D eigenvalue weighted by Crippen LogP contribution is 2.23. The van der Waals surface area contributed by atoms with Crippen LogP contribution in [0.1, 0.15) is 24.1 Å². The second-order valence-corrected chi connectivity index (χ2v) is 5.26. The van der Waals surface area contributed by atoms with Crippen molar-refractivity contribution in [2.45, 2.75) is 19.9 Å². The van der Waals surface area contributed by atoms with E-state index >= 15 is 0 Å². The summed E-state index contributed by atoms with van der Waals surface area (Å²) in [6.45, 7) is 4.12. The normalized spacial score (nSPS) is 12.2. The van der Waals surface area contributed by atoms with E-state index in [-0.39, 0.29) is 11.9 Å². The van der Waals surface area contributed by atoms with Gasteiger partial charge in [0.25, 0.3) is 0 Å². The predicted octanol–water partition coefficient (Wildman–Crippen LogP) is 5.07. The minimum atomic E-state index is -0.254.